The first-order valence-corrected chi connectivity index (χ1v) is 9.35. The number of nitrogens with zero attached hydrogens (tertiary/aromatic N) is 1. The van der Waals surface area contributed by atoms with Crippen LogP contribution in [0.5, 0.6) is 0 Å². The first-order chi connectivity index (χ1) is 12.0. The molecule has 0 saturated heterocycles. The summed E-state index contributed by atoms with van der Waals surface area (Å²) in [5, 5.41) is 11.3. The lowest BCUT2D eigenvalue weighted by Gasteiger charge is -2.54. The van der Waals surface area contributed by atoms with Crippen LogP contribution in [0.1, 0.15) is 54.0 Å². The van der Waals surface area contributed by atoms with Crippen LogP contribution in [0, 0.1) is 5.92 Å². The van der Waals surface area contributed by atoms with Gasteiger partial charge < -0.3 is 30.0 Å². The second-order valence-corrected chi connectivity index (χ2v) is 7.76. The van der Waals surface area contributed by atoms with E-state index < -0.39 is 18.5 Å². The second kappa shape index (κ2) is 7.72. The van der Waals surface area contributed by atoms with E-state index in [1.807, 2.05) is 36.9 Å². The minimum atomic E-state index is -1.56. The van der Waals surface area contributed by atoms with Gasteiger partial charge in [0.2, 0.25) is 5.91 Å². The number of hydrogen-bond acceptors (Lipinski definition) is 6. The van der Waals surface area contributed by atoms with Crippen LogP contribution in [-0.2, 0) is 20.6 Å². The molecule has 26 heavy (non-hydrogen) atoms. The Bertz CT molecular complexity index is 618. The zero-order valence-electron chi connectivity index (χ0n) is 17.1. The molecule has 0 spiro atoms. The van der Waals surface area contributed by atoms with Crippen LogP contribution in [0.2, 0.25) is 0 Å². The average molecular weight is 367 g/mol. The van der Waals surface area contributed by atoms with Gasteiger partial charge in [0.05, 0.1) is 0 Å². The summed E-state index contributed by atoms with van der Waals surface area (Å²) in [6, 6.07) is 5.77. The minimum absolute atomic E-state index is 0.297. The Kier molecular flexibility index (Phi) is 6.23. The maximum absolute atomic E-state index is 11.3. The Morgan fingerprint density at radius 2 is 2.00 bits per heavy atom. The third-order valence-electron chi connectivity index (χ3n) is 5.24. The van der Waals surface area contributed by atoms with Crippen molar-refractivity contribution < 1.29 is 19.3 Å². The fourth-order valence-corrected chi connectivity index (χ4v) is 3.79. The smallest absolute Gasteiger partial charge is 0.248 e. The number of hydrogen-bond donors (Lipinski definition) is 2. The highest BCUT2D eigenvalue weighted by Crippen LogP contribution is 2.44. The quantitative estimate of drug-likeness (QED) is 0.568. The maximum atomic E-state index is 11.3. The molecular formula is C20H34N2O4. The molecule has 1 heterocycles. The molecule has 1 aromatic rings. The molecular weight excluding hydrogens is 332 g/mol. The van der Waals surface area contributed by atoms with E-state index in [9.17, 15) is 5.11 Å². The lowest BCUT2D eigenvalue weighted by molar-refractivity contribution is -0.314. The molecule has 4 atom stereocenters. The second-order valence-electron chi connectivity index (χ2n) is 7.76. The van der Waals surface area contributed by atoms with Gasteiger partial charge in [0.15, 0.2) is 12.6 Å². The molecule has 6 nitrogen and oxygen atoms in total. The number of nitrogens with two attached hydrogens (primary N) is 1. The normalized spacial score (nSPS) is 23.8. The Labute approximate surface area is 157 Å². The molecule has 2 rings (SSSR count). The fourth-order valence-electron chi connectivity index (χ4n) is 3.79. The Hall–Kier alpha value is -1.34. The molecule has 6 heteroatoms. The molecule has 0 radical (unpaired) electrons. The number of anilines is 2. The molecule has 0 aliphatic carbocycles. The van der Waals surface area contributed by atoms with Crippen LogP contribution in [0.15, 0.2) is 18.2 Å². The van der Waals surface area contributed by atoms with Crippen LogP contribution in [-0.4, -0.2) is 35.7 Å². The summed E-state index contributed by atoms with van der Waals surface area (Å²) in [7, 11) is 0. The van der Waals surface area contributed by atoms with Gasteiger partial charge in [-0.05, 0) is 70.7 Å². The summed E-state index contributed by atoms with van der Waals surface area (Å²) in [5.74, 6) is -1.26. The molecule has 1 aliphatic rings. The first-order valence-electron chi connectivity index (χ1n) is 9.35. The summed E-state index contributed by atoms with van der Waals surface area (Å²) in [4.78, 5) is 1.92. The molecule has 0 fully saturated rings. The third-order valence-corrected chi connectivity index (χ3v) is 5.24. The van der Waals surface area contributed by atoms with E-state index in [0.29, 0.717) is 12.5 Å². The lowest BCUT2D eigenvalue weighted by Crippen LogP contribution is -2.64. The van der Waals surface area contributed by atoms with Crippen LogP contribution in [0.3, 0.4) is 0 Å². The van der Waals surface area contributed by atoms with Crippen molar-refractivity contribution >= 4 is 11.4 Å². The Balaban J connectivity index is 2.31. The van der Waals surface area contributed by atoms with Crippen molar-refractivity contribution in [2.75, 3.05) is 17.2 Å². The predicted octanol–water partition coefficient (Wildman–Crippen LogP) is 3.47. The van der Waals surface area contributed by atoms with E-state index in [2.05, 4.69) is 20.8 Å². The summed E-state index contributed by atoms with van der Waals surface area (Å²) in [5.41, 5.74) is 8.40. The van der Waals surface area contributed by atoms with Crippen molar-refractivity contribution in [2.45, 2.75) is 78.9 Å². The van der Waals surface area contributed by atoms with Crippen molar-refractivity contribution in [3.63, 3.8) is 0 Å². The number of benzene rings is 1. The average Bonchev–Trinajstić information content (AvgIpc) is 2.47. The van der Waals surface area contributed by atoms with E-state index in [1.165, 1.54) is 0 Å². The highest BCUT2D eigenvalue weighted by Gasteiger charge is 2.48. The number of fused-ring (bicyclic) bond motifs is 1. The molecule has 3 N–H and O–H groups in total. The molecule has 1 aliphatic heterocycles. The summed E-state index contributed by atoms with van der Waals surface area (Å²) in [6.07, 6.45) is -0.157. The van der Waals surface area contributed by atoms with Gasteiger partial charge in [0.1, 0.15) is 0 Å². The maximum Gasteiger partial charge on any atom is 0.248 e. The van der Waals surface area contributed by atoms with E-state index in [1.54, 1.807) is 13.8 Å². The number of nitrogen functional groups attached to an aromatic ring is 1. The lowest BCUT2D eigenvalue weighted by atomic mass is 9.77. The summed E-state index contributed by atoms with van der Waals surface area (Å²) < 4.78 is 17.0. The van der Waals surface area contributed by atoms with E-state index in [4.69, 9.17) is 19.9 Å². The number of ether oxygens (including phenoxy) is 3. The minimum Gasteiger partial charge on any atom is -0.399 e. The van der Waals surface area contributed by atoms with Crippen LogP contribution in [0.4, 0.5) is 11.4 Å². The standard InChI is InChI=1S/C20H34N2O4/c1-8-24-14(3)25-15(4)26-20(7,23)22-18-10-9-17(21)12-16(18)11-13(2)19(22,5)6/h9-10,12-15,23H,8,11,21H2,1-7H3. The van der Waals surface area contributed by atoms with Crippen molar-refractivity contribution in [2.24, 2.45) is 5.92 Å². The highest BCUT2D eigenvalue weighted by molar-refractivity contribution is 5.63. The van der Waals surface area contributed by atoms with Gasteiger partial charge in [-0.25, -0.2) is 0 Å². The first kappa shape index (κ1) is 21.0. The SMILES string of the molecule is CCOC(C)OC(C)OC(C)(O)N1c2ccc(N)cc2CC(C)C1(C)C. The van der Waals surface area contributed by atoms with Gasteiger partial charge in [0.25, 0.3) is 0 Å². The van der Waals surface area contributed by atoms with Crippen molar-refractivity contribution in [1.29, 1.82) is 0 Å². The number of rotatable bonds is 7. The summed E-state index contributed by atoms with van der Waals surface area (Å²) >= 11 is 0. The van der Waals surface area contributed by atoms with Gasteiger partial charge in [0, 0.05) is 30.4 Å². The molecule has 4 unspecified atom stereocenters. The van der Waals surface area contributed by atoms with Crippen LogP contribution >= 0.6 is 0 Å². The molecule has 0 amide bonds. The Morgan fingerprint density at radius 3 is 2.62 bits per heavy atom. The third kappa shape index (κ3) is 4.31. The monoisotopic (exact) mass is 366 g/mol. The van der Waals surface area contributed by atoms with Crippen LogP contribution < -0.4 is 10.6 Å². The van der Waals surface area contributed by atoms with Crippen molar-refractivity contribution in [3.05, 3.63) is 23.8 Å². The predicted molar refractivity (Wildman–Crippen MR) is 104 cm³/mol. The van der Waals surface area contributed by atoms with Gasteiger partial charge >= 0.3 is 0 Å². The van der Waals surface area contributed by atoms with E-state index >= 15 is 0 Å². The van der Waals surface area contributed by atoms with Gasteiger partial charge in [-0.2, -0.15) is 0 Å². The Morgan fingerprint density at radius 1 is 1.35 bits per heavy atom. The highest BCUT2D eigenvalue weighted by atomic mass is 16.8. The van der Waals surface area contributed by atoms with Gasteiger partial charge in [-0.3, -0.25) is 0 Å². The van der Waals surface area contributed by atoms with Crippen molar-refractivity contribution in [3.8, 4) is 0 Å². The zero-order valence-corrected chi connectivity index (χ0v) is 17.1. The number of aliphatic hydroxyl groups is 1. The molecule has 0 aromatic heterocycles. The molecule has 1 aromatic carbocycles. The van der Waals surface area contributed by atoms with Gasteiger partial charge in [-0.15, -0.1) is 0 Å². The molecule has 0 saturated carbocycles. The molecule has 0 bridgehead atoms. The van der Waals surface area contributed by atoms with Gasteiger partial charge in [-0.1, -0.05) is 6.92 Å². The summed E-state index contributed by atoms with van der Waals surface area (Å²) in [6.45, 7) is 14.1. The van der Waals surface area contributed by atoms with E-state index in [0.717, 1.165) is 23.4 Å². The van der Waals surface area contributed by atoms with Crippen molar-refractivity contribution in [1.82, 2.24) is 0 Å². The van der Waals surface area contributed by atoms with E-state index in [-0.39, 0.29) is 5.54 Å². The fraction of sp³-hybridized carbons (Fsp3) is 0.700. The van der Waals surface area contributed by atoms with Crippen LogP contribution in [0.25, 0.3) is 0 Å². The molecule has 148 valence electrons. The topological polar surface area (TPSA) is 77.2 Å². The largest absolute Gasteiger partial charge is 0.399 e. The zero-order chi connectivity index (χ0) is 19.7.